The van der Waals surface area contributed by atoms with E-state index < -0.39 is 5.97 Å². The number of carbonyl (C=O) groups is 1. The van der Waals surface area contributed by atoms with Gasteiger partial charge in [-0.2, -0.15) is 0 Å². The van der Waals surface area contributed by atoms with Crippen LogP contribution in [0.5, 0.6) is 0 Å². The average molecular weight is 211 g/mol. The molecule has 0 spiro atoms. The number of carboxylic acids is 1. The van der Waals surface area contributed by atoms with E-state index in [2.05, 4.69) is 4.98 Å². The first-order chi connectivity index (χ1) is 6.44. The van der Waals surface area contributed by atoms with Gasteiger partial charge < -0.3 is 5.11 Å². The van der Waals surface area contributed by atoms with E-state index in [1.54, 1.807) is 11.3 Å². The molecular formula is C10H13NO2S. The second-order valence-corrected chi connectivity index (χ2v) is 5.47. The van der Waals surface area contributed by atoms with E-state index in [1.165, 1.54) is 0 Å². The predicted molar refractivity (Wildman–Crippen MR) is 54.5 cm³/mol. The van der Waals surface area contributed by atoms with Crippen molar-refractivity contribution in [2.45, 2.75) is 26.7 Å². The highest BCUT2D eigenvalue weighted by Crippen LogP contribution is 2.64. The van der Waals surface area contributed by atoms with Crippen molar-refractivity contribution in [2.24, 2.45) is 11.3 Å². The van der Waals surface area contributed by atoms with E-state index in [-0.39, 0.29) is 17.3 Å². The van der Waals surface area contributed by atoms with Crippen LogP contribution in [0, 0.1) is 18.3 Å². The van der Waals surface area contributed by atoms with Gasteiger partial charge in [0.15, 0.2) is 0 Å². The fourth-order valence-electron chi connectivity index (χ4n) is 2.17. The summed E-state index contributed by atoms with van der Waals surface area (Å²) in [6.45, 7) is 5.93. The lowest BCUT2D eigenvalue weighted by molar-refractivity contribution is -0.139. The van der Waals surface area contributed by atoms with Crippen LogP contribution < -0.4 is 0 Å². The molecule has 1 aromatic rings. The molecule has 0 radical (unpaired) electrons. The minimum Gasteiger partial charge on any atom is -0.481 e. The first-order valence-corrected chi connectivity index (χ1v) is 5.47. The molecule has 76 valence electrons. The number of hydrogen-bond acceptors (Lipinski definition) is 3. The topological polar surface area (TPSA) is 50.2 Å². The molecule has 1 fully saturated rings. The van der Waals surface area contributed by atoms with Crippen molar-refractivity contribution >= 4 is 17.3 Å². The summed E-state index contributed by atoms with van der Waals surface area (Å²) in [5, 5.41) is 12.0. The number of aromatic nitrogens is 1. The van der Waals surface area contributed by atoms with Gasteiger partial charge in [0.1, 0.15) is 0 Å². The van der Waals surface area contributed by atoms with Gasteiger partial charge in [0.05, 0.1) is 16.6 Å². The Morgan fingerprint density at radius 2 is 2.29 bits per heavy atom. The van der Waals surface area contributed by atoms with Crippen LogP contribution in [0.3, 0.4) is 0 Å². The van der Waals surface area contributed by atoms with Gasteiger partial charge >= 0.3 is 5.97 Å². The number of rotatable bonds is 2. The largest absolute Gasteiger partial charge is 0.481 e. The SMILES string of the molecule is Cc1nc(C2C(C(=O)O)C2(C)C)cs1. The molecule has 2 rings (SSSR count). The van der Waals surface area contributed by atoms with Crippen molar-refractivity contribution in [3.63, 3.8) is 0 Å². The van der Waals surface area contributed by atoms with Gasteiger partial charge in [0.2, 0.25) is 0 Å². The molecule has 0 bridgehead atoms. The zero-order valence-electron chi connectivity index (χ0n) is 8.44. The minimum absolute atomic E-state index is 0.102. The first-order valence-electron chi connectivity index (χ1n) is 4.59. The molecule has 1 heterocycles. The maximum Gasteiger partial charge on any atom is 0.307 e. The monoisotopic (exact) mass is 211 g/mol. The fourth-order valence-corrected chi connectivity index (χ4v) is 2.82. The van der Waals surface area contributed by atoms with Gasteiger partial charge in [-0.3, -0.25) is 4.79 Å². The van der Waals surface area contributed by atoms with Gasteiger partial charge in [-0.05, 0) is 12.3 Å². The standard InChI is InChI=1S/C10H13NO2S/c1-5-11-6(4-14-5)7-8(9(12)13)10(7,2)3/h4,7-8H,1-3H3,(H,12,13). The van der Waals surface area contributed by atoms with Crippen molar-refractivity contribution in [2.75, 3.05) is 0 Å². The Morgan fingerprint density at radius 1 is 1.64 bits per heavy atom. The van der Waals surface area contributed by atoms with Crippen LogP contribution in [0.2, 0.25) is 0 Å². The molecule has 3 nitrogen and oxygen atoms in total. The van der Waals surface area contributed by atoms with Gasteiger partial charge in [-0.15, -0.1) is 11.3 Å². The van der Waals surface area contributed by atoms with Gasteiger partial charge in [0, 0.05) is 11.3 Å². The smallest absolute Gasteiger partial charge is 0.307 e. The van der Waals surface area contributed by atoms with Crippen LogP contribution in [-0.2, 0) is 4.79 Å². The summed E-state index contributed by atoms with van der Waals surface area (Å²) in [6, 6.07) is 0. The Bertz CT molecular complexity index is 383. The normalized spacial score (nSPS) is 28.8. The van der Waals surface area contributed by atoms with Crippen LogP contribution in [0.4, 0.5) is 0 Å². The maximum atomic E-state index is 10.9. The summed E-state index contributed by atoms with van der Waals surface area (Å²) in [7, 11) is 0. The summed E-state index contributed by atoms with van der Waals surface area (Å²) in [6.07, 6.45) is 0. The summed E-state index contributed by atoms with van der Waals surface area (Å²) < 4.78 is 0. The van der Waals surface area contributed by atoms with Crippen molar-refractivity contribution < 1.29 is 9.90 Å². The molecule has 0 aromatic carbocycles. The number of nitrogens with zero attached hydrogens (tertiary/aromatic N) is 1. The van der Waals surface area contributed by atoms with E-state index in [1.807, 2.05) is 26.2 Å². The third-order valence-electron chi connectivity index (χ3n) is 3.05. The molecule has 1 aromatic heterocycles. The van der Waals surface area contributed by atoms with E-state index >= 15 is 0 Å². The van der Waals surface area contributed by atoms with Crippen LogP contribution in [0.15, 0.2) is 5.38 Å². The molecule has 0 saturated heterocycles. The number of hydrogen-bond donors (Lipinski definition) is 1. The van der Waals surface area contributed by atoms with Crippen molar-refractivity contribution in [1.82, 2.24) is 4.98 Å². The number of aliphatic carboxylic acids is 1. The summed E-state index contributed by atoms with van der Waals surface area (Å²) in [5.41, 5.74) is 0.816. The fraction of sp³-hybridized carbons (Fsp3) is 0.600. The lowest BCUT2D eigenvalue weighted by Crippen LogP contribution is -2.03. The Kier molecular flexibility index (Phi) is 1.93. The van der Waals surface area contributed by atoms with Crippen LogP contribution in [-0.4, -0.2) is 16.1 Å². The van der Waals surface area contributed by atoms with Gasteiger partial charge in [0.25, 0.3) is 0 Å². The van der Waals surface area contributed by atoms with Gasteiger partial charge in [-0.25, -0.2) is 4.98 Å². The van der Waals surface area contributed by atoms with E-state index in [0.717, 1.165) is 10.7 Å². The zero-order chi connectivity index (χ0) is 10.5. The molecule has 1 saturated carbocycles. The average Bonchev–Trinajstić information content (AvgIpc) is 2.42. The van der Waals surface area contributed by atoms with Crippen LogP contribution >= 0.6 is 11.3 Å². The third kappa shape index (κ3) is 1.25. The molecule has 1 N–H and O–H groups in total. The maximum absolute atomic E-state index is 10.9. The molecule has 1 aliphatic carbocycles. The first kappa shape index (κ1) is 9.65. The molecule has 4 heteroatoms. The Morgan fingerprint density at radius 3 is 2.64 bits per heavy atom. The highest BCUT2D eigenvalue weighted by atomic mass is 32.1. The molecule has 2 unspecified atom stereocenters. The summed E-state index contributed by atoms with van der Waals surface area (Å²) in [4.78, 5) is 15.3. The second kappa shape index (κ2) is 2.79. The number of carboxylic acid groups (broad SMARTS) is 1. The lowest BCUT2D eigenvalue weighted by Gasteiger charge is -1.97. The highest BCUT2D eigenvalue weighted by Gasteiger charge is 2.63. The highest BCUT2D eigenvalue weighted by molar-refractivity contribution is 7.09. The number of aryl methyl sites for hydroxylation is 1. The molecular weight excluding hydrogens is 198 g/mol. The quantitative estimate of drug-likeness (QED) is 0.816. The third-order valence-corrected chi connectivity index (χ3v) is 3.84. The lowest BCUT2D eigenvalue weighted by atomic mass is 10.1. The Balaban J connectivity index is 2.27. The number of thiazole rings is 1. The van der Waals surface area contributed by atoms with Crippen molar-refractivity contribution in [1.29, 1.82) is 0 Å². The van der Waals surface area contributed by atoms with Gasteiger partial charge in [-0.1, -0.05) is 13.8 Å². The Labute approximate surface area is 86.8 Å². The summed E-state index contributed by atoms with van der Waals surface area (Å²) >= 11 is 1.58. The summed E-state index contributed by atoms with van der Waals surface area (Å²) in [5.74, 6) is -0.861. The Hall–Kier alpha value is -0.900. The molecule has 14 heavy (non-hydrogen) atoms. The van der Waals surface area contributed by atoms with Crippen LogP contribution in [0.1, 0.15) is 30.5 Å². The zero-order valence-corrected chi connectivity index (χ0v) is 9.26. The van der Waals surface area contributed by atoms with E-state index in [4.69, 9.17) is 5.11 Å². The molecule has 1 aliphatic rings. The van der Waals surface area contributed by atoms with E-state index in [0.29, 0.717) is 0 Å². The molecule has 0 aliphatic heterocycles. The van der Waals surface area contributed by atoms with Crippen molar-refractivity contribution in [3.05, 3.63) is 16.1 Å². The molecule has 0 amide bonds. The van der Waals surface area contributed by atoms with Crippen LogP contribution in [0.25, 0.3) is 0 Å². The second-order valence-electron chi connectivity index (χ2n) is 4.41. The van der Waals surface area contributed by atoms with Crippen molar-refractivity contribution in [3.8, 4) is 0 Å². The predicted octanol–water partition coefficient (Wildman–Crippen LogP) is 2.28. The van der Waals surface area contributed by atoms with E-state index in [9.17, 15) is 4.79 Å². The molecule has 2 atom stereocenters. The minimum atomic E-state index is -0.703.